The average Bonchev–Trinajstić information content (AvgIpc) is 0.960. The summed E-state index contributed by atoms with van der Waals surface area (Å²) in [5.74, 6) is 1.69. The number of para-hydroxylation sites is 6. The minimum atomic E-state index is -0.229. The van der Waals surface area contributed by atoms with Crippen LogP contribution in [0, 0.1) is 0 Å². The van der Waals surface area contributed by atoms with Crippen molar-refractivity contribution in [1.29, 1.82) is 0 Å². The molecule has 0 unspecified atom stereocenters. The van der Waals surface area contributed by atoms with Gasteiger partial charge < -0.3 is 29.2 Å². The number of thiophene rings is 3. The zero-order valence-corrected chi connectivity index (χ0v) is 56.7. The van der Waals surface area contributed by atoms with Crippen LogP contribution in [0.4, 0.5) is 85.3 Å². The zero-order chi connectivity index (χ0) is 66.0. The Morgan fingerprint density at radius 2 is 0.703 bits per heavy atom. The number of hydrogen-bond donors (Lipinski definition) is 0. The molecule has 101 heavy (non-hydrogen) atoms. The lowest BCUT2D eigenvalue weighted by Gasteiger charge is -2.47. The highest BCUT2D eigenvalue weighted by atomic mass is 32.1. The highest BCUT2D eigenvalue weighted by Crippen LogP contribution is 2.56. The van der Waals surface area contributed by atoms with E-state index in [0.717, 1.165) is 108 Å². The molecule has 15 aromatic carbocycles. The molecule has 0 spiro atoms. The topological polar surface area (TPSA) is 25.4 Å². The highest BCUT2D eigenvalue weighted by Gasteiger charge is 2.49. The van der Waals surface area contributed by atoms with Crippen LogP contribution in [0.3, 0.4) is 0 Å². The number of ether oxygens (including phenoxy) is 1. The first kappa shape index (κ1) is 56.9. The van der Waals surface area contributed by atoms with Crippen molar-refractivity contribution in [2.75, 3.05) is 24.5 Å². The van der Waals surface area contributed by atoms with Crippen LogP contribution >= 0.6 is 34.0 Å². The predicted molar refractivity (Wildman–Crippen MR) is 434 cm³/mol. The number of nitrogens with zero attached hydrogens (tertiary/aromatic N) is 5. The van der Waals surface area contributed by atoms with Crippen LogP contribution in [-0.4, -0.2) is 13.4 Å². The summed E-state index contributed by atoms with van der Waals surface area (Å²) in [6, 6.07) is 124. The summed E-state index contributed by atoms with van der Waals surface area (Å²) in [5, 5.41) is 7.43. The molecule has 0 fully saturated rings. The van der Waals surface area contributed by atoms with Crippen molar-refractivity contribution in [3.05, 3.63) is 334 Å². The van der Waals surface area contributed by atoms with Gasteiger partial charge in [-0.15, -0.1) is 34.0 Å². The molecule has 0 saturated heterocycles. The van der Waals surface area contributed by atoms with Crippen LogP contribution in [0.5, 0.6) is 11.5 Å². The Kier molecular flexibility index (Phi) is 12.5. The minimum Gasteiger partial charge on any atom is -0.458 e. The van der Waals surface area contributed by atoms with Gasteiger partial charge in [0.25, 0.3) is 13.4 Å². The first-order valence-electron chi connectivity index (χ1n) is 34.4. The van der Waals surface area contributed by atoms with Crippen LogP contribution in [0.15, 0.2) is 334 Å². The Bertz CT molecular complexity index is 6420. The molecule has 0 N–H and O–H groups in total. The second-order valence-electron chi connectivity index (χ2n) is 26.6. The summed E-state index contributed by atoms with van der Waals surface area (Å²) in [7, 11) is 0. The number of fused-ring (bicyclic) bond motifs is 17. The minimum absolute atomic E-state index is 0.224. The molecule has 0 atom stereocenters. The van der Waals surface area contributed by atoms with Crippen molar-refractivity contribution in [3.8, 4) is 11.5 Å². The molecule has 7 heterocycles. The standard InChI is InChI=1S/C90H55B2N5OS3/c1-5-26-56(27-6-1)93(57-28-7-2-8-29-57)61-52-78-89-80(53-61)98-79-44-19-17-39-67(79)92(89)69-54-68-74(55-75(69)97(78)72-42-25-49-85-87(72)65-36-15-22-47-83(65)100-85)96(71-41-24-48-84-86(71)64-35-14-21-46-82(64)99-84)77-51-60(50-76-88(77)91(68)66-38-16-18-40-70(66)95(76)59-32-11-4-12-33-59)94(58-30-9-3-10-31-58)73-43-23-37-63-62-34-13-20-45-81(62)101-90(63)73/h1-55H. The van der Waals surface area contributed by atoms with E-state index in [1.54, 1.807) is 0 Å². The summed E-state index contributed by atoms with van der Waals surface area (Å²) in [6.45, 7) is -0.453. The molecule has 470 valence electrons. The SMILES string of the molecule is c1ccc(N(c2ccccc2)c2cc3c4c(c2)N(c2cccc5sc6ccccc6c25)c2cc5c(cc2B4c2ccccc2O3)B2c3ccccc3N(c3ccccc3)c3cc(N(c4ccccc4)c4cccc6c4sc4ccccc46)cc(c32)N5c2cccc3sc4ccccc4c23)cc1. The maximum atomic E-state index is 7.46. The summed E-state index contributed by atoms with van der Waals surface area (Å²) < 4.78 is 14.9. The Labute approximate surface area is 596 Å². The van der Waals surface area contributed by atoms with E-state index in [1.807, 2.05) is 34.0 Å². The van der Waals surface area contributed by atoms with Gasteiger partial charge in [0.05, 0.1) is 33.1 Å². The van der Waals surface area contributed by atoms with E-state index in [4.69, 9.17) is 4.74 Å². The third-order valence-electron chi connectivity index (χ3n) is 21.2. The molecule has 4 aliphatic rings. The van der Waals surface area contributed by atoms with Crippen LogP contribution in [-0.2, 0) is 0 Å². The summed E-state index contributed by atoms with van der Waals surface area (Å²) >= 11 is 5.60. The fraction of sp³-hybridized carbons (Fsp3) is 0. The third-order valence-corrected chi connectivity index (χ3v) is 24.7. The maximum absolute atomic E-state index is 7.46. The molecule has 6 nitrogen and oxygen atoms in total. The quantitative estimate of drug-likeness (QED) is 0.134. The van der Waals surface area contributed by atoms with Gasteiger partial charge in [-0.3, -0.25) is 0 Å². The van der Waals surface area contributed by atoms with E-state index < -0.39 is 0 Å². The van der Waals surface area contributed by atoms with Crippen LogP contribution in [0.25, 0.3) is 60.5 Å². The molecule has 4 aliphatic heterocycles. The Hall–Kier alpha value is -12.1. The first-order chi connectivity index (χ1) is 50.1. The number of benzene rings is 15. The van der Waals surface area contributed by atoms with Crippen LogP contribution < -0.4 is 62.0 Å². The van der Waals surface area contributed by atoms with Gasteiger partial charge in [0.1, 0.15) is 11.5 Å². The highest BCUT2D eigenvalue weighted by molar-refractivity contribution is 7.27. The van der Waals surface area contributed by atoms with Gasteiger partial charge in [0, 0.05) is 119 Å². The number of rotatable bonds is 9. The molecule has 18 aromatic rings. The summed E-state index contributed by atoms with van der Waals surface area (Å²) in [6.07, 6.45) is 0. The molecule has 22 rings (SSSR count). The maximum Gasteiger partial charge on any atom is 0.256 e. The Morgan fingerprint density at radius 1 is 0.257 bits per heavy atom. The fourth-order valence-electron chi connectivity index (χ4n) is 17.1. The number of hydrogen-bond acceptors (Lipinski definition) is 9. The van der Waals surface area contributed by atoms with Crippen molar-refractivity contribution in [1.82, 2.24) is 0 Å². The average molecular weight is 1340 g/mol. The van der Waals surface area contributed by atoms with Gasteiger partial charge in [-0.05, 0) is 166 Å². The Balaban J connectivity index is 0.897. The van der Waals surface area contributed by atoms with Crippen molar-refractivity contribution in [2.24, 2.45) is 0 Å². The predicted octanol–water partition coefficient (Wildman–Crippen LogP) is 22.2. The molecule has 0 saturated carbocycles. The van der Waals surface area contributed by atoms with Crippen molar-refractivity contribution in [3.63, 3.8) is 0 Å². The first-order valence-corrected chi connectivity index (χ1v) is 36.9. The lowest BCUT2D eigenvalue weighted by atomic mass is 9.30. The van der Waals surface area contributed by atoms with E-state index in [-0.39, 0.29) is 13.4 Å². The van der Waals surface area contributed by atoms with Gasteiger partial charge in [0.15, 0.2) is 0 Å². The molecular weight excluding hydrogens is 1280 g/mol. The molecule has 0 bridgehead atoms. The molecule has 3 aromatic heterocycles. The van der Waals surface area contributed by atoms with Crippen LogP contribution in [0.2, 0.25) is 0 Å². The largest absolute Gasteiger partial charge is 0.458 e. The molecule has 0 amide bonds. The molecule has 0 radical (unpaired) electrons. The molecular formula is C90H55B2N5OS3. The van der Waals surface area contributed by atoms with Gasteiger partial charge in [-0.2, -0.15) is 0 Å². The number of anilines is 15. The van der Waals surface area contributed by atoms with E-state index >= 15 is 0 Å². The summed E-state index contributed by atoms with van der Waals surface area (Å²) in [4.78, 5) is 12.8. The third kappa shape index (κ3) is 8.46. The second kappa shape index (κ2) is 22.2. The molecule has 11 heteroatoms. The van der Waals surface area contributed by atoms with Gasteiger partial charge in [-0.1, -0.05) is 194 Å². The van der Waals surface area contributed by atoms with Crippen molar-refractivity contribution >= 4 is 226 Å². The van der Waals surface area contributed by atoms with E-state index in [2.05, 4.69) is 358 Å². The Morgan fingerprint density at radius 3 is 1.33 bits per heavy atom. The lowest BCUT2D eigenvalue weighted by Crippen LogP contribution is -2.64. The smallest absolute Gasteiger partial charge is 0.256 e. The zero-order valence-electron chi connectivity index (χ0n) is 54.3. The lowest BCUT2D eigenvalue weighted by molar-refractivity contribution is 0.487. The monoisotopic (exact) mass is 1340 g/mol. The summed E-state index contributed by atoms with van der Waals surface area (Å²) in [5.41, 5.74) is 23.6. The molecule has 0 aliphatic carbocycles. The van der Waals surface area contributed by atoms with E-state index in [1.165, 1.54) is 82.4 Å². The fourth-order valence-corrected chi connectivity index (χ4v) is 20.6. The second-order valence-corrected chi connectivity index (χ2v) is 29.8. The van der Waals surface area contributed by atoms with Gasteiger partial charge in [-0.25, -0.2) is 0 Å². The normalized spacial score (nSPS) is 13.1. The van der Waals surface area contributed by atoms with Crippen LogP contribution in [0.1, 0.15) is 0 Å². The van der Waals surface area contributed by atoms with E-state index in [0.29, 0.717) is 0 Å². The van der Waals surface area contributed by atoms with Gasteiger partial charge in [0.2, 0.25) is 0 Å². The van der Waals surface area contributed by atoms with Crippen molar-refractivity contribution in [2.45, 2.75) is 0 Å². The van der Waals surface area contributed by atoms with E-state index in [9.17, 15) is 0 Å². The van der Waals surface area contributed by atoms with Crippen molar-refractivity contribution < 1.29 is 4.74 Å². The van der Waals surface area contributed by atoms with Gasteiger partial charge >= 0.3 is 0 Å².